The lowest BCUT2D eigenvalue weighted by atomic mass is 10.00. The third kappa shape index (κ3) is 3.74. The van der Waals surface area contributed by atoms with Crippen molar-refractivity contribution in [2.24, 2.45) is 5.73 Å². The number of carbonyl (C=O) groups is 2. The number of hydrogen-bond donors (Lipinski definition) is 2. The number of carbonyl (C=O) groups excluding carboxylic acids is 1. The number of benzene rings is 1. The summed E-state index contributed by atoms with van der Waals surface area (Å²) in [5, 5.41) is 8.67. The molecule has 1 atom stereocenters. The number of hydrogen-bond acceptors (Lipinski definition) is 4. The van der Waals surface area contributed by atoms with E-state index in [-0.39, 0.29) is 17.4 Å². The summed E-state index contributed by atoms with van der Waals surface area (Å²) < 4.78 is 0. The minimum absolute atomic E-state index is 0.0436. The molecule has 1 aromatic carbocycles. The quantitative estimate of drug-likeness (QED) is 0.836. The first-order valence-electron chi connectivity index (χ1n) is 6.48. The van der Waals surface area contributed by atoms with Gasteiger partial charge in [-0.25, -0.2) is 0 Å². The number of nitrogens with two attached hydrogens (primary N) is 1. The molecule has 0 saturated heterocycles. The molecule has 6 heteroatoms. The van der Waals surface area contributed by atoms with Crippen LogP contribution in [0, 0.1) is 0 Å². The number of aliphatic carboxylic acids is 1. The third-order valence-corrected chi connectivity index (χ3v) is 4.37. The second kappa shape index (κ2) is 6.76. The first kappa shape index (κ1) is 14.9. The van der Waals surface area contributed by atoms with Crippen molar-refractivity contribution in [3.63, 3.8) is 0 Å². The highest BCUT2D eigenvalue weighted by molar-refractivity contribution is 8.00. The van der Waals surface area contributed by atoms with E-state index in [4.69, 9.17) is 10.8 Å². The molecule has 0 aromatic heterocycles. The first-order chi connectivity index (χ1) is 9.58. The van der Waals surface area contributed by atoms with Gasteiger partial charge in [0.25, 0.3) is 0 Å². The average Bonchev–Trinajstić information content (AvgIpc) is 2.46. The summed E-state index contributed by atoms with van der Waals surface area (Å²) >= 11 is 1.28. The monoisotopic (exact) mass is 294 g/mol. The fourth-order valence-corrected chi connectivity index (χ4v) is 3.02. The zero-order valence-electron chi connectivity index (χ0n) is 11.1. The number of fused-ring (bicyclic) bond motifs is 1. The fraction of sp³-hybridized carbons (Fsp3) is 0.429. The van der Waals surface area contributed by atoms with Gasteiger partial charge in [0.1, 0.15) is 6.04 Å². The zero-order chi connectivity index (χ0) is 14.5. The van der Waals surface area contributed by atoms with Crippen molar-refractivity contribution in [3.8, 4) is 0 Å². The molecule has 1 aromatic rings. The lowest BCUT2D eigenvalue weighted by molar-refractivity contribution is -0.138. The molecule has 1 unspecified atom stereocenters. The lowest BCUT2D eigenvalue weighted by Crippen LogP contribution is -2.38. The van der Waals surface area contributed by atoms with Gasteiger partial charge in [-0.15, -0.1) is 11.8 Å². The summed E-state index contributed by atoms with van der Waals surface area (Å²) in [4.78, 5) is 24.5. The fourth-order valence-electron chi connectivity index (χ4n) is 2.14. The number of carboxylic acids is 1. The van der Waals surface area contributed by atoms with Crippen molar-refractivity contribution in [2.75, 3.05) is 18.1 Å². The molecule has 0 spiro atoms. The molecule has 108 valence electrons. The van der Waals surface area contributed by atoms with Crippen LogP contribution < -0.4 is 5.73 Å². The molecule has 5 nitrogen and oxygen atoms in total. The largest absolute Gasteiger partial charge is 0.480 e. The van der Waals surface area contributed by atoms with Crippen molar-refractivity contribution >= 4 is 23.6 Å². The SMILES string of the molecule is NC(CSCC(=O)N1CCc2ccccc2C1)C(=O)O. The Balaban J connectivity index is 1.81. The Morgan fingerprint density at radius 3 is 2.75 bits per heavy atom. The van der Waals surface area contributed by atoms with Gasteiger partial charge in [0.15, 0.2) is 0 Å². The highest BCUT2D eigenvalue weighted by atomic mass is 32.2. The van der Waals surface area contributed by atoms with Crippen LogP contribution >= 0.6 is 11.8 Å². The first-order valence-corrected chi connectivity index (χ1v) is 7.64. The van der Waals surface area contributed by atoms with Gasteiger partial charge in [0, 0.05) is 18.8 Å². The molecular weight excluding hydrogens is 276 g/mol. The number of thioether (sulfide) groups is 1. The van der Waals surface area contributed by atoms with Crippen LogP contribution in [0.15, 0.2) is 24.3 Å². The van der Waals surface area contributed by atoms with Crippen molar-refractivity contribution in [1.82, 2.24) is 4.90 Å². The van der Waals surface area contributed by atoms with Crippen molar-refractivity contribution in [2.45, 2.75) is 19.0 Å². The summed E-state index contributed by atoms with van der Waals surface area (Å²) in [7, 11) is 0. The van der Waals surface area contributed by atoms with Gasteiger partial charge < -0.3 is 15.7 Å². The van der Waals surface area contributed by atoms with Gasteiger partial charge in [0.2, 0.25) is 5.91 Å². The Bertz CT molecular complexity index is 507. The van der Waals surface area contributed by atoms with E-state index in [1.165, 1.54) is 22.9 Å². The van der Waals surface area contributed by atoms with E-state index in [1.807, 2.05) is 23.1 Å². The zero-order valence-corrected chi connectivity index (χ0v) is 11.9. The minimum Gasteiger partial charge on any atom is -0.480 e. The number of carboxylic acid groups (broad SMARTS) is 1. The molecule has 0 aliphatic carbocycles. The normalized spacial score (nSPS) is 15.6. The highest BCUT2D eigenvalue weighted by Crippen LogP contribution is 2.19. The average molecular weight is 294 g/mol. The highest BCUT2D eigenvalue weighted by Gasteiger charge is 2.20. The van der Waals surface area contributed by atoms with Crippen LogP contribution in [-0.4, -0.2) is 46.0 Å². The van der Waals surface area contributed by atoms with Gasteiger partial charge in [0.05, 0.1) is 5.75 Å². The molecule has 1 aliphatic heterocycles. The molecule has 3 N–H and O–H groups in total. The molecule has 1 aliphatic rings. The van der Waals surface area contributed by atoms with Crippen LogP contribution in [0.2, 0.25) is 0 Å². The van der Waals surface area contributed by atoms with Gasteiger partial charge in [-0.1, -0.05) is 24.3 Å². The van der Waals surface area contributed by atoms with E-state index >= 15 is 0 Å². The number of nitrogens with zero attached hydrogens (tertiary/aromatic N) is 1. The van der Waals surface area contributed by atoms with Crippen molar-refractivity contribution in [1.29, 1.82) is 0 Å². The Morgan fingerprint density at radius 1 is 1.35 bits per heavy atom. The molecule has 2 rings (SSSR count). The van der Waals surface area contributed by atoms with E-state index in [0.717, 1.165) is 13.0 Å². The van der Waals surface area contributed by atoms with Gasteiger partial charge in [-0.3, -0.25) is 9.59 Å². The molecular formula is C14H18N2O3S. The minimum atomic E-state index is -1.03. The standard InChI is InChI=1S/C14H18N2O3S/c15-12(14(18)19)8-20-9-13(17)16-6-5-10-3-1-2-4-11(10)7-16/h1-4,12H,5-9,15H2,(H,18,19). The van der Waals surface area contributed by atoms with Crippen molar-refractivity contribution in [3.05, 3.63) is 35.4 Å². The van der Waals surface area contributed by atoms with Gasteiger partial charge >= 0.3 is 5.97 Å². The predicted octanol–water partition coefficient (Wildman–Crippen LogP) is 0.716. The van der Waals surface area contributed by atoms with Crippen LogP contribution in [0.3, 0.4) is 0 Å². The van der Waals surface area contributed by atoms with E-state index in [1.54, 1.807) is 0 Å². The van der Waals surface area contributed by atoms with Crippen LogP contribution in [0.25, 0.3) is 0 Å². The van der Waals surface area contributed by atoms with E-state index in [9.17, 15) is 9.59 Å². The topological polar surface area (TPSA) is 83.6 Å². The van der Waals surface area contributed by atoms with E-state index in [2.05, 4.69) is 6.07 Å². The summed E-state index contributed by atoms with van der Waals surface area (Å²) in [6.45, 7) is 1.36. The third-order valence-electron chi connectivity index (χ3n) is 3.32. The molecule has 0 radical (unpaired) electrons. The maximum atomic E-state index is 12.1. The molecule has 20 heavy (non-hydrogen) atoms. The molecule has 0 fully saturated rings. The Labute approximate surface area is 122 Å². The second-order valence-electron chi connectivity index (χ2n) is 4.79. The van der Waals surface area contributed by atoms with E-state index < -0.39 is 12.0 Å². The maximum absolute atomic E-state index is 12.1. The second-order valence-corrected chi connectivity index (χ2v) is 5.82. The van der Waals surface area contributed by atoms with Crippen LogP contribution in [0.1, 0.15) is 11.1 Å². The van der Waals surface area contributed by atoms with Gasteiger partial charge in [-0.2, -0.15) is 0 Å². The van der Waals surface area contributed by atoms with Crippen LogP contribution in [0.5, 0.6) is 0 Å². The number of amides is 1. The Hall–Kier alpha value is -1.53. The molecule has 0 bridgehead atoms. The van der Waals surface area contributed by atoms with Crippen LogP contribution in [-0.2, 0) is 22.6 Å². The van der Waals surface area contributed by atoms with Crippen molar-refractivity contribution < 1.29 is 14.7 Å². The smallest absolute Gasteiger partial charge is 0.321 e. The number of rotatable bonds is 5. The predicted molar refractivity (Wildman–Crippen MR) is 78.5 cm³/mol. The molecule has 1 heterocycles. The Kier molecular flexibility index (Phi) is 5.03. The molecule has 0 saturated carbocycles. The Morgan fingerprint density at radius 2 is 2.05 bits per heavy atom. The summed E-state index contributed by atoms with van der Waals surface area (Å²) in [5.74, 6) is -0.451. The summed E-state index contributed by atoms with van der Waals surface area (Å²) in [6, 6.07) is 7.22. The lowest BCUT2D eigenvalue weighted by Gasteiger charge is -2.28. The van der Waals surface area contributed by atoms with E-state index in [0.29, 0.717) is 6.54 Å². The van der Waals surface area contributed by atoms with Crippen LogP contribution in [0.4, 0.5) is 0 Å². The molecule has 1 amide bonds. The summed E-state index contributed by atoms with van der Waals surface area (Å²) in [5.41, 5.74) is 7.90. The summed E-state index contributed by atoms with van der Waals surface area (Å²) in [6.07, 6.45) is 0.876. The van der Waals surface area contributed by atoms with Gasteiger partial charge in [-0.05, 0) is 17.5 Å². The maximum Gasteiger partial charge on any atom is 0.321 e.